The molecule has 3 heteroatoms. The SMILES string of the molecule is Cc1ccc(SSc2ccc(Cl)cc2)cc1. The topological polar surface area (TPSA) is 0 Å². The monoisotopic (exact) mass is 266 g/mol. The van der Waals surface area contributed by atoms with Crippen LogP contribution in [0.2, 0.25) is 5.02 Å². The number of hydrogen-bond acceptors (Lipinski definition) is 2. The summed E-state index contributed by atoms with van der Waals surface area (Å²) in [6.07, 6.45) is 0. The Morgan fingerprint density at radius 3 is 1.69 bits per heavy atom. The summed E-state index contributed by atoms with van der Waals surface area (Å²) in [6.45, 7) is 2.10. The first kappa shape index (κ1) is 11.9. The molecule has 0 N–H and O–H groups in total. The molecule has 0 saturated carbocycles. The maximum absolute atomic E-state index is 5.83. The maximum Gasteiger partial charge on any atom is 0.0406 e. The smallest absolute Gasteiger partial charge is 0.0406 e. The van der Waals surface area contributed by atoms with Gasteiger partial charge in [-0.1, -0.05) is 50.9 Å². The molecule has 0 aliphatic carbocycles. The van der Waals surface area contributed by atoms with Crippen molar-refractivity contribution in [3.63, 3.8) is 0 Å². The van der Waals surface area contributed by atoms with Crippen LogP contribution in [0.4, 0.5) is 0 Å². The van der Waals surface area contributed by atoms with Gasteiger partial charge in [-0.3, -0.25) is 0 Å². The van der Waals surface area contributed by atoms with Gasteiger partial charge in [-0.05, 0) is 43.3 Å². The van der Waals surface area contributed by atoms with E-state index in [1.54, 1.807) is 21.6 Å². The molecule has 82 valence electrons. The average Bonchev–Trinajstić information content (AvgIpc) is 2.30. The van der Waals surface area contributed by atoms with Crippen molar-refractivity contribution in [1.82, 2.24) is 0 Å². The van der Waals surface area contributed by atoms with Crippen molar-refractivity contribution in [2.75, 3.05) is 0 Å². The zero-order valence-electron chi connectivity index (χ0n) is 8.81. The molecule has 2 rings (SSSR count). The Bertz CT molecular complexity index is 403. The highest BCUT2D eigenvalue weighted by Crippen LogP contribution is 2.37. The lowest BCUT2D eigenvalue weighted by molar-refractivity contribution is 1.38. The van der Waals surface area contributed by atoms with E-state index in [9.17, 15) is 0 Å². The summed E-state index contributed by atoms with van der Waals surface area (Å²) in [7, 11) is 3.51. The second-order valence-electron chi connectivity index (χ2n) is 3.43. The minimum Gasteiger partial charge on any atom is -0.0843 e. The minimum atomic E-state index is 0.782. The van der Waals surface area contributed by atoms with Gasteiger partial charge in [0.15, 0.2) is 0 Å². The van der Waals surface area contributed by atoms with Gasteiger partial charge in [0.2, 0.25) is 0 Å². The van der Waals surface area contributed by atoms with Gasteiger partial charge < -0.3 is 0 Å². The Morgan fingerprint density at radius 1 is 0.750 bits per heavy atom. The second kappa shape index (κ2) is 5.67. The predicted octanol–water partition coefficient (Wildman–Crippen LogP) is 5.45. The van der Waals surface area contributed by atoms with E-state index < -0.39 is 0 Å². The van der Waals surface area contributed by atoms with Crippen LogP contribution in [0.25, 0.3) is 0 Å². The zero-order valence-corrected chi connectivity index (χ0v) is 11.2. The van der Waals surface area contributed by atoms with Crippen LogP contribution < -0.4 is 0 Å². The number of aryl methyl sites for hydroxylation is 1. The summed E-state index contributed by atoms with van der Waals surface area (Å²) in [5, 5.41) is 0.782. The van der Waals surface area contributed by atoms with Crippen LogP contribution in [0, 0.1) is 6.92 Å². The number of rotatable bonds is 3. The lowest BCUT2D eigenvalue weighted by Gasteiger charge is -2.01. The Balaban J connectivity index is 1.97. The summed E-state index contributed by atoms with van der Waals surface area (Å²) < 4.78 is 0. The molecule has 16 heavy (non-hydrogen) atoms. The summed E-state index contributed by atoms with van der Waals surface area (Å²) in [4.78, 5) is 2.49. The van der Waals surface area contributed by atoms with E-state index in [1.165, 1.54) is 15.4 Å². The summed E-state index contributed by atoms with van der Waals surface area (Å²) in [5.41, 5.74) is 1.29. The number of hydrogen-bond donors (Lipinski definition) is 0. The Kier molecular flexibility index (Phi) is 4.22. The summed E-state index contributed by atoms with van der Waals surface area (Å²) in [6, 6.07) is 16.4. The van der Waals surface area contributed by atoms with E-state index in [4.69, 9.17) is 11.6 Å². The lowest BCUT2D eigenvalue weighted by Crippen LogP contribution is -1.71. The van der Waals surface area contributed by atoms with E-state index in [-0.39, 0.29) is 0 Å². The van der Waals surface area contributed by atoms with E-state index in [0.29, 0.717) is 0 Å². The molecular formula is C13H11ClS2. The quantitative estimate of drug-likeness (QED) is 0.678. The van der Waals surface area contributed by atoms with Gasteiger partial charge >= 0.3 is 0 Å². The van der Waals surface area contributed by atoms with E-state index >= 15 is 0 Å². The molecule has 0 unspecified atom stereocenters. The highest BCUT2D eigenvalue weighted by Gasteiger charge is 1.97. The van der Waals surface area contributed by atoms with Crippen LogP contribution in [0.3, 0.4) is 0 Å². The fraction of sp³-hybridized carbons (Fsp3) is 0.0769. The fourth-order valence-electron chi connectivity index (χ4n) is 1.18. The van der Waals surface area contributed by atoms with E-state index in [1.807, 2.05) is 24.3 Å². The largest absolute Gasteiger partial charge is 0.0843 e. The van der Waals surface area contributed by atoms with Crippen LogP contribution >= 0.6 is 33.2 Å². The molecule has 0 atom stereocenters. The van der Waals surface area contributed by atoms with Gasteiger partial charge in [-0.25, -0.2) is 0 Å². The minimum absolute atomic E-state index is 0.782. The summed E-state index contributed by atoms with van der Waals surface area (Å²) in [5.74, 6) is 0. The first-order valence-corrected chi connectivity index (χ1v) is 7.43. The molecule has 0 fully saturated rings. The molecule has 0 saturated heterocycles. The highest BCUT2D eigenvalue weighted by molar-refractivity contribution is 8.76. The van der Waals surface area contributed by atoms with Gasteiger partial charge in [-0.2, -0.15) is 0 Å². The van der Waals surface area contributed by atoms with Gasteiger partial charge in [0.25, 0.3) is 0 Å². The third-order valence-electron chi connectivity index (χ3n) is 2.07. The number of halogens is 1. The molecule has 0 bridgehead atoms. The molecule has 0 aromatic heterocycles. The maximum atomic E-state index is 5.83. The van der Waals surface area contributed by atoms with Gasteiger partial charge in [0.1, 0.15) is 0 Å². The molecule has 0 aliphatic heterocycles. The van der Waals surface area contributed by atoms with Crippen LogP contribution in [0.1, 0.15) is 5.56 Å². The van der Waals surface area contributed by atoms with E-state index in [2.05, 4.69) is 31.2 Å². The first-order chi connectivity index (χ1) is 7.74. The molecule has 2 aromatic carbocycles. The Hall–Kier alpha value is -0.570. The standard InChI is InChI=1S/C13H11ClS2/c1-10-2-6-12(7-3-10)15-16-13-8-4-11(14)5-9-13/h2-9H,1H3. The lowest BCUT2D eigenvalue weighted by atomic mass is 10.2. The molecule has 0 amide bonds. The molecular weight excluding hydrogens is 256 g/mol. The van der Waals surface area contributed by atoms with E-state index in [0.717, 1.165) is 5.02 Å². The normalized spacial score (nSPS) is 10.4. The molecule has 0 nitrogen and oxygen atoms in total. The van der Waals surface area contributed by atoms with Crippen molar-refractivity contribution in [3.8, 4) is 0 Å². The van der Waals surface area contributed by atoms with Crippen LogP contribution in [-0.4, -0.2) is 0 Å². The second-order valence-corrected chi connectivity index (χ2v) is 6.15. The molecule has 0 spiro atoms. The third kappa shape index (κ3) is 3.48. The van der Waals surface area contributed by atoms with Gasteiger partial charge in [0.05, 0.1) is 0 Å². The predicted molar refractivity (Wildman–Crippen MR) is 74.3 cm³/mol. The van der Waals surface area contributed by atoms with Crippen molar-refractivity contribution in [2.45, 2.75) is 16.7 Å². The fourth-order valence-corrected chi connectivity index (χ4v) is 3.24. The Morgan fingerprint density at radius 2 is 1.19 bits per heavy atom. The molecule has 0 radical (unpaired) electrons. The number of benzene rings is 2. The van der Waals surface area contributed by atoms with Crippen molar-refractivity contribution >= 4 is 33.2 Å². The first-order valence-electron chi connectivity index (χ1n) is 4.91. The zero-order chi connectivity index (χ0) is 11.4. The van der Waals surface area contributed by atoms with Gasteiger partial charge in [-0.15, -0.1) is 0 Å². The van der Waals surface area contributed by atoms with Crippen LogP contribution in [0.5, 0.6) is 0 Å². The summed E-state index contributed by atoms with van der Waals surface area (Å²) >= 11 is 5.83. The van der Waals surface area contributed by atoms with Crippen molar-refractivity contribution < 1.29 is 0 Å². The molecule has 2 aromatic rings. The van der Waals surface area contributed by atoms with Crippen molar-refractivity contribution in [2.24, 2.45) is 0 Å². The van der Waals surface area contributed by atoms with Crippen LogP contribution in [0.15, 0.2) is 58.3 Å². The third-order valence-corrected chi connectivity index (χ3v) is 4.74. The highest BCUT2D eigenvalue weighted by atomic mass is 35.5. The Labute approximate surface area is 109 Å². The van der Waals surface area contributed by atoms with Crippen molar-refractivity contribution in [1.29, 1.82) is 0 Å². The molecule has 0 aliphatic rings. The van der Waals surface area contributed by atoms with Crippen LogP contribution in [-0.2, 0) is 0 Å². The van der Waals surface area contributed by atoms with Gasteiger partial charge in [0, 0.05) is 14.8 Å². The average molecular weight is 267 g/mol. The molecule has 0 heterocycles. The van der Waals surface area contributed by atoms with Crippen molar-refractivity contribution in [3.05, 3.63) is 59.1 Å².